The number of amides is 2. The molecule has 0 bridgehead atoms. The first kappa shape index (κ1) is 17.9. The van der Waals surface area contributed by atoms with Crippen LogP contribution in [0.25, 0.3) is 0 Å². The summed E-state index contributed by atoms with van der Waals surface area (Å²) >= 11 is 0. The lowest BCUT2D eigenvalue weighted by atomic mass is 10.1. The first-order chi connectivity index (χ1) is 11.4. The van der Waals surface area contributed by atoms with E-state index in [1.807, 2.05) is 0 Å². The smallest absolute Gasteiger partial charge is 0.312 e. The minimum absolute atomic E-state index is 0.0393. The fourth-order valence-corrected chi connectivity index (χ4v) is 2.65. The lowest BCUT2D eigenvalue weighted by molar-refractivity contribution is -0.909. The van der Waals surface area contributed by atoms with Crippen molar-refractivity contribution in [2.75, 3.05) is 32.1 Å². The predicted molar refractivity (Wildman–Crippen MR) is 83.9 cm³/mol. The zero-order valence-corrected chi connectivity index (χ0v) is 13.6. The van der Waals surface area contributed by atoms with Gasteiger partial charge in [-0.25, -0.2) is 4.39 Å². The van der Waals surface area contributed by atoms with Crippen molar-refractivity contribution in [3.05, 3.63) is 29.6 Å². The summed E-state index contributed by atoms with van der Waals surface area (Å²) in [5, 5.41) is 5.18. The molecule has 8 heteroatoms. The summed E-state index contributed by atoms with van der Waals surface area (Å²) in [5.74, 6) is -1.74. The normalized spacial score (nSPS) is 20.2. The minimum Gasteiger partial charge on any atom is -0.469 e. The number of aryl methyl sites for hydroxylation is 1. The predicted octanol–water partition coefficient (Wildman–Crippen LogP) is -0.981. The van der Waals surface area contributed by atoms with Gasteiger partial charge in [-0.3, -0.25) is 14.4 Å². The van der Waals surface area contributed by atoms with Crippen LogP contribution in [0.15, 0.2) is 18.2 Å². The molecular formula is C16H21FN3O4+. The maximum Gasteiger partial charge on any atom is 0.312 e. The number of quaternary nitrogens is 1. The molecule has 2 atom stereocenters. The number of esters is 1. The Bertz CT molecular complexity index is 650. The summed E-state index contributed by atoms with van der Waals surface area (Å²) in [6.07, 6.45) is -0.107. The molecule has 24 heavy (non-hydrogen) atoms. The van der Waals surface area contributed by atoms with Gasteiger partial charge in [0.05, 0.1) is 25.9 Å². The Morgan fingerprint density at radius 1 is 1.46 bits per heavy atom. The quantitative estimate of drug-likeness (QED) is 0.602. The van der Waals surface area contributed by atoms with Gasteiger partial charge in [0.1, 0.15) is 12.2 Å². The number of anilines is 1. The van der Waals surface area contributed by atoms with E-state index >= 15 is 0 Å². The molecular weight excluding hydrogens is 317 g/mol. The van der Waals surface area contributed by atoms with Crippen LogP contribution >= 0.6 is 0 Å². The van der Waals surface area contributed by atoms with Crippen molar-refractivity contribution >= 4 is 23.5 Å². The number of hydrogen-bond acceptors (Lipinski definition) is 4. The van der Waals surface area contributed by atoms with E-state index in [0.29, 0.717) is 18.0 Å². The van der Waals surface area contributed by atoms with Gasteiger partial charge < -0.3 is 20.3 Å². The van der Waals surface area contributed by atoms with Gasteiger partial charge in [0.25, 0.3) is 11.8 Å². The Balaban J connectivity index is 2.02. The van der Waals surface area contributed by atoms with Gasteiger partial charge in [0.2, 0.25) is 0 Å². The number of halogens is 1. The molecule has 0 aliphatic carbocycles. The lowest BCUT2D eigenvalue weighted by Gasteiger charge is -2.30. The molecule has 1 unspecified atom stereocenters. The van der Waals surface area contributed by atoms with Crippen LogP contribution in [0, 0.1) is 12.7 Å². The number of ether oxygens (including phenoxy) is 1. The molecule has 0 spiro atoms. The van der Waals surface area contributed by atoms with Crippen LogP contribution in [-0.2, 0) is 19.1 Å². The molecule has 130 valence electrons. The zero-order valence-electron chi connectivity index (χ0n) is 13.6. The minimum atomic E-state index is -0.695. The van der Waals surface area contributed by atoms with E-state index in [9.17, 15) is 18.8 Å². The molecule has 0 aromatic heterocycles. The second kappa shape index (κ2) is 7.87. The van der Waals surface area contributed by atoms with Crippen LogP contribution in [0.4, 0.5) is 10.1 Å². The SMILES string of the molecule is COC(=O)C[C@@H]1C(=O)NCC[NH+]1CC(=O)Nc1ccc(C)cc1F. The first-order valence-electron chi connectivity index (χ1n) is 7.66. The molecule has 0 radical (unpaired) electrons. The van der Waals surface area contributed by atoms with E-state index in [-0.39, 0.29) is 24.6 Å². The third-order valence-electron chi connectivity index (χ3n) is 3.94. The Morgan fingerprint density at radius 3 is 2.88 bits per heavy atom. The van der Waals surface area contributed by atoms with Gasteiger partial charge in [-0.2, -0.15) is 0 Å². The molecule has 2 amide bonds. The summed E-state index contributed by atoms with van der Waals surface area (Å²) in [4.78, 5) is 36.2. The number of carbonyl (C=O) groups excluding carboxylic acids is 3. The largest absolute Gasteiger partial charge is 0.469 e. The average Bonchev–Trinajstić information content (AvgIpc) is 2.53. The highest BCUT2D eigenvalue weighted by Gasteiger charge is 2.36. The van der Waals surface area contributed by atoms with Crippen molar-refractivity contribution in [2.24, 2.45) is 0 Å². The molecule has 1 aromatic carbocycles. The van der Waals surface area contributed by atoms with E-state index < -0.39 is 23.7 Å². The molecule has 1 saturated heterocycles. The van der Waals surface area contributed by atoms with Gasteiger partial charge in [0.15, 0.2) is 12.6 Å². The molecule has 2 rings (SSSR count). The van der Waals surface area contributed by atoms with Gasteiger partial charge in [-0.15, -0.1) is 0 Å². The Kier molecular flexibility index (Phi) is 5.86. The number of rotatable bonds is 5. The fourth-order valence-electron chi connectivity index (χ4n) is 2.65. The molecule has 1 aliphatic rings. The van der Waals surface area contributed by atoms with Gasteiger partial charge in [0, 0.05) is 0 Å². The summed E-state index contributed by atoms with van der Waals surface area (Å²) in [6, 6.07) is 3.82. The Morgan fingerprint density at radius 2 is 2.21 bits per heavy atom. The third kappa shape index (κ3) is 4.51. The van der Waals surface area contributed by atoms with E-state index in [2.05, 4.69) is 15.4 Å². The third-order valence-corrected chi connectivity index (χ3v) is 3.94. The highest BCUT2D eigenvalue weighted by atomic mass is 19.1. The number of hydrogen-bond donors (Lipinski definition) is 3. The second-order valence-corrected chi connectivity index (χ2v) is 5.74. The van der Waals surface area contributed by atoms with E-state index in [1.54, 1.807) is 13.0 Å². The highest BCUT2D eigenvalue weighted by molar-refractivity contribution is 5.92. The standard InChI is InChI=1S/C16H20FN3O4/c1-10-3-4-12(11(17)7-10)19-14(21)9-20-6-5-18-16(23)13(20)8-15(22)24-2/h3-4,7,13H,5-6,8-9H2,1-2H3,(H,18,23)(H,19,21)/p+1/t13-/m1/s1. The highest BCUT2D eigenvalue weighted by Crippen LogP contribution is 2.14. The lowest BCUT2D eigenvalue weighted by Crippen LogP contribution is -3.20. The number of piperazine rings is 1. The molecule has 1 aliphatic heterocycles. The van der Waals surface area contributed by atoms with Crippen LogP contribution in [-0.4, -0.2) is 50.6 Å². The van der Waals surface area contributed by atoms with Crippen molar-refractivity contribution < 1.29 is 28.4 Å². The van der Waals surface area contributed by atoms with E-state index in [4.69, 9.17) is 0 Å². The topological polar surface area (TPSA) is 88.9 Å². The zero-order chi connectivity index (χ0) is 17.7. The Hall–Kier alpha value is -2.48. The molecule has 7 nitrogen and oxygen atoms in total. The molecule has 1 heterocycles. The number of carbonyl (C=O) groups is 3. The first-order valence-corrected chi connectivity index (χ1v) is 7.66. The molecule has 1 aromatic rings. The second-order valence-electron chi connectivity index (χ2n) is 5.74. The number of methoxy groups -OCH3 is 1. The molecule has 0 saturated carbocycles. The van der Waals surface area contributed by atoms with Gasteiger partial charge in [-0.1, -0.05) is 6.07 Å². The summed E-state index contributed by atoms with van der Waals surface area (Å²) in [5.41, 5.74) is 0.845. The molecule has 3 N–H and O–H groups in total. The summed E-state index contributed by atoms with van der Waals surface area (Å²) in [7, 11) is 1.25. The molecule has 1 fully saturated rings. The van der Waals surface area contributed by atoms with Crippen molar-refractivity contribution in [1.82, 2.24) is 5.32 Å². The van der Waals surface area contributed by atoms with Crippen molar-refractivity contribution in [1.29, 1.82) is 0 Å². The maximum absolute atomic E-state index is 13.8. The van der Waals surface area contributed by atoms with Crippen LogP contribution in [0.5, 0.6) is 0 Å². The van der Waals surface area contributed by atoms with Crippen molar-refractivity contribution in [2.45, 2.75) is 19.4 Å². The van der Waals surface area contributed by atoms with Gasteiger partial charge in [-0.05, 0) is 24.6 Å². The Labute approximate surface area is 139 Å². The van der Waals surface area contributed by atoms with Crippen LogP contribution in [0.1, 0.15) is 12.0 Å². The average molecular weight is 338 g/mol. The number of nitrogens with one attached hydrogen (secondary N) is 3. The maximum atomic E-state index is 13.8. The monoisotopic (exact) mass is 338 g/mol. The fraction of sp³-hybridized carbons (Fsp3) is 0.438. The number of benzene rings is 1. The van der Waals surface area contributed by atoms with E-state index in [1.165, 1.54) is 19.2 Å². The van der Waals surface area contributed by atoms with Crippen LogP contribution in [0.2, 0.25) is 0 Å². The van der Waals surface area contributed by atoms with Gasteiger partial charge >= 0.3 is 5.97 Å². The van der Waals surface area contributed by atoms with E-state index in [0.717, 1.165) is 5.56 Å². The van der Waals surface area contributed by atoms with Crippen molar-refractivity contribution in [3.63, 3.8) is 0 Å². The summed E-state index contributed by atoms with van der Waals surface area (Å²) in [6.45, 7) is 2.63. The summed E-state index contributed by atoms with van der Waals surface area (Å²) < 4.78 is 18.4. The van der Waals surface area contributed by atoms with Crippen LogP contribution < -0.4 is 15.5 Å². The van der Waals surface area contributed by atoms with Crippen LogP contribution in [0.3, 0.4) is 0 Å². The van der Waals surface area contributed by atoms with Crippen molar-refractivity contribution in [3.8, 4) is 0 Å².